The van der Waals surface area contributed by atoms with E-state index in [0.717, 1.165) is 5.39 Å². The Kier molecular flexibility index (Phi) is 4.85. The number of rotatable bonds is 4. The highest BCUT2D eigenvalue weighted by Crippen LogP contribution is 2.30. The summed E-state index contributed by atoms with van der Waals surface area (Å²) in [6, 6.07) is 11.4. The van der Waals surface area contributed by atoms with E-state index in [-0.39, 0.29) is 5.91 Å². The first kappa shape index (κ1) is 18.8. The Morgan fingerprint density at radius 2 is 1.93 bits per heavy atom. The van der Waals surface area contributed by atoms with Gasteiger partial charge in [0.2, 0.25) is 11.9 Å². The lowest BCUT2D eigenvalue weighted by Crippen LogP contribution is -2.21. The summed E-state index contributed by atoms with van der Waals surface area (Å²) in [7, 11) is 3.36. The number of pyridine rings is 1. The summed E-state index contributed by atoms with van der Waals surface area (Å²) in [5, 5.41) is 4.31. The normalized spacial score (nSPS) is 10.9. The number of hydrogen-bond donors (Lipinski definition) is 2. The number of halogens is 2. The van der Waals surface area contributed by atoms with Gasteiger partial charge in [-0.1, -0.05) is 17.7 Å². The Labute approximate surface area is 170 Å². The van der Waals surface area contributed by atoms with Crippen molar-refractivity contribution in [3.8, 4) is 11.4 Å². The number of nitrogens with zero attached hydrogens (tertiary/aromatic N) is 4. The number of hydrogen-bond acceptors (Lipinski definition) is 5. The number of aromatic nitrogens is 4. The second-order valence-electron chi connectivity index (χ2n) is 6.54. The summed E-state index contributed by atoms with van der Waals surface area (Å²) >= 11 is 6.38. The quantitative estimate of drug-likeness (QED) is 0.491. The number of fused-ring (bicyclic) bond motifs is 1. The molecule has 9 heteroatoms. The highest BCUT2D eigenvalue weighted by molar-refractivity contribution is 6.35. The Hall–Kier alpha value is -3.52. The molecule has 0 aliphatic carbocycles. The number of H-pyrrole nitrogens is 1. The molecule has 4 rings (SSSR count). The summed E-state index contributed by atoms with van der Waals surface area (Å²) < 4.78 is 13.4. The molecule has 4 aromatic rings. The zero-order valence-electron chi connectivity index (χ0n) is 15.6. The van der Waals surface area contributed by atoms with Gasteiger partial charge in [0.1, 0.15) is 5.69 Å². The molecule has 0 saturated carbocycles. The molecule has 0 saturated heterocycles. The van der Waals surface area contributed by atoms with Gasteiger partial charge in [-0.15, -0.1) is 0 Å². The third-order valence-corrected chi connectivity index (χ3v) is 4.50. The molecule has 3 aromatic heterocycles. The van der Waals surface area contributed by atoms with Crippen LogP contribution in [0.1, 0.15) is 10.5 Å². The van der Waals surface area contributed by atoms with Crippen molar-refractivity contribution in [2.75, 3.05) is 19.4 Å². The van der Waals surface area contributed by atoms with Crippen LogP contribution in [0.2, 0.25) is 5.02 Å². The van der Waals surface area contributed by atoms with Crippen molar-refractivity contribution in [2.24, 2.45) is 0 Å². The average molecular weight is 411 g/mol. The lowest BCUT2D eigenvalue weighted by molar-refractivity contribution is 0.0823. The smallest absolute Gasteiger partial charge is 0.269 e. The first-order valence-electron chi connectivity index (χ1n) is 8.67. The lowest BCUT2D eigenvalue weighted by atomic mass is 10.2. The number of carbonyl (C=O) groups is 1. The van der Waals surface area contributed by atoms with Crippen LogP contribution in [0.3, 0.4) is 0 Å². The number of benzene rings is 1. The second-order valence-corrected chi connectivity index (χ2v) is 6.95. The molecule has 0 bridgehead atoms. The minimum atomic E-state index is -0.580. The van der Waals surface area contributed by atoms with Gasteiger partial charge in [-0.25, -0.2) is 15.0 Å². The average Bonchev–Trinajstić information content (AvgIpc) is 3.12. The van der Waals surface area contributed by atoms with Crippen molar-refractivity contribution in [3.63, 3.8) is 0 Å². The third-order valence-electron chi connectivity index (χ3n) is 4.21. The van der Waals surface area contributed by atoms with Crippen LogP contribution in [0.5, 0.6) is 0 Å². The van der Waals surface area contributed by atoms with Crippen LogP contribution in [0.25, 0.3) is 22.3 Å². The number of aromatic amines is 1. The van der Waals surface area contributed by atoms with E-state index in [9.17, 15) is 9.18 Å². The van der Waals surface area contributed by atoms with E-state index in [2.05, 4.69) is 25.3 Å². The highest BCUT2D eigenvalue weighted by atomic mass is 35.5. The van der Waals surface area contributed by atoms with Crippen molar-refractivity contribution < 1.29 is 9.18 Å². The van der Waals surface area contributed by atoms with Gasteiger partial charge in [-0.2, -0.15) is 4.39 Å². The van der Waals surface area contributed by atoms with Crippen LogP contribution in [-0.4, -0.2) is 44.8 Å². The Balaban J connectivity index is 1.66. The Bertz CT molecular complexity index is 1220. The van der Waals surface area contributed by atoms with Crippen LogP contribution in [0, 0.1) is 5.95 Å². The Morgan fingerprint density at radius 1 is 1.14 bits per heavy atom. The van der Waals surface area contributed by atoms with Gasteiger partial charge < -0.3 is 15.2 Å². The van der Waals surface area contributed by atoms with Gasteiger partial charge in [-0.3, -0.25) is 4.79 Å². The Morgan fingerprint density at radius 3 is 2.69 bits per heavy atom. The number of carbonyl (C=O) groups excluding carboxylic acids is 1. The molecule has 7 nitrogen and oxygen atoms in total. The van der Waals surface area contributed by atoms with Crippen molar-refractivity contribution >= 4 is 40.0 Å². The standard InChI is InChI=1S/C20H16ClFN6O/c1-28(2)19(29)16-9-11-8-12(10-13(21)18(11)26-16)24-20-23-7-6-15(27-20)14-4-3-5-17(22)25-14/h3-10,26H,1-2H3,(H,23,24,27). The predicted octanol–water partition coefficient (Wildman–Crippen LogP) is 4.26. The second kappa shape index (κ2) is 7.48. The molecule has 0 aliphatic rings. The molecular formula is C20H16ClFN6O. The summed E-state index contributed by atoms with van der Waals surface area (Å²) in [4.78, 5) is 29.1. The van der Waals surface area contributed by atoms with E-state index in [4.69, 9.17) is 11.6 Å². The molecule has 29 heavy (non-hydrogen) atoms. The van der Waals surface area contributed by atoms with Crippen molar-refractivity contribution in [2.45, 2.75) is 0 Å². The van der Waals surface area contributed by atoms with E-state index in [0.29, 0.717) is 39.3 Å². The maximum atomic E-state index is 13.4. The molecule has 2 N–H and O–H groups in total. The van der Waals surface area contributed by atoms with Crippen LogP contribution >= 0.6 is 11.6 Å². The molecule has 0 atom stereocenters. The van der Waals surface area contributed by atoms with E-state index in [1.165, 1.54) is 11.0 Å². The summed E-state index contributed by atoms with van der Waals surface area (Å²) in [6.45, 7) is 0. The molecule has 0 spiro atoms. The largest absolute Gasteiger partial charge is 0.349 e. The fourth-order valence-corrected chi connectivity index (χ4v) is 3.14. The summed E-state index contributed by atoms with van der Waals surface area (Å²) in [5.74, 6) is -0.419. The molecule has 0 unspecified atom stereocenters. The van der Waals surface area contributed by atoms with Gasteiger partial charge >= 0.3 is 0 Å². The van der Waals surface area contributed by atoms with Crippen LogP contribution in [0.15, 0.2) is 48.7 Å². The van der Waals surface area contributed by atoms with Crippen molar-refractivity contribution in [3.05, 3.63) is 65.3 Å². The predicted molar refractivity (Wildman–Crippen MR) is 110 cm³/mol. The molecular weight excluding hydrogens is 395 g/mol. The molecule has 3 heterocycles. The van der Waals surface area contributed by atoms with Gasteiger partial charge in [-0.05, 0) is 36.4 Å². The molecule has 1 amide bonds. The summed E-state index contributed by atoms with van der Waals surface area (Å²) in [5.41, 5.74) is 2.64. The minimum absolute atomic E-state index is 0.148. The fraction of sp³-hybridized carbons (Fsp3) is 0.100. The molecule has 146 valence electrons. The van der Waals surface area contributed by atoms with Crippen LogP contribution in [0.4, 0.5) is 16.0 Å². The van der Waals surface area contributed by atoms with E-state index in [1.807, 2.05) is 6.07 Å². The zero-order chi connectivity index (χ0) is 20.5. The maximum Gasteiger partial charge on any atom is 0.269 e. The molecule has 0 aliphatic heterocycles. The zero-order valence-corrected chi connectivity index (χ0v) is 16.3. The first-order chi connectivity index (χ1) is 13.9. The van der Waals surface area contributed by atoms with E-state index >= 15 is 0 Å². The van der Waals surface area contributed by atoms with E-state index < -0.39 is 5.95 Å². The van der Waals surface area contributed by atoms with Crippen LogP contribution < -0.4 is 5.32 Å². The maximum absolute atomic E-state index is 13.4. The minimum Gasteiger partial charge on any atom is -0.349 e. The monoisotopic (exact) mass is 410 g/mol. The fourth-order valence-electron chi connectivity index (χ4n) is 2.87. The van der Waals surface area contributed by atoms with Gasteiger partial charge in [0.05, 0.1) is 21.9 Å². The van der Waals surface area contributed by atoms with Gasteiger partial charge in [0.25, 0.3) is 5.91 Å². The lowest BCUT2D eigenvalue weighted by Gasteiger charge is -2.07. The van der Waals surface area contributed by atoms with Gasteiger partial charge in [0.15, 0.2) is 0 Å². The molecule has 0 radical (unpaired) electrons. The topological polar surface area (TPSA) is 86.8 Å². The SMILES string of the molecule is CN(C)C(=O)c1cc2cc(Nc3nccc(-c4cccc(F)n4)n3)cc(Cl)c2[nH]1. The number of anilines is 2. The van der Waals surface area contributed by atoms with Crippen molar-refractivity contribution in [1.82, 2.24) is 24.8 Å². The third kappa shape index (κ3) is 3.88. The number of nitrogens with one attached hydrogen (secondary N) is 2. The number of amides is 1. The summed E-state index contributed by atoms with van der Waals surface area (Å²) in [6.07, 6.45) is 1.56. The van der Waals surface area contributed by atoms with Crippen molar-refractivity contribution in [1.29, 1.82) is 0 Å². The van der Waals surface area contributed by atoms with Gasteiger partial charge in [0, 0.05) is 31.4 Å². The first-order valence-corrected chi connectivity index (χ1v) is 9.05. The highest BCUT2D eigenvalue weighted by Gasteiger charge is 2.14. The van der Waals surface area contributed by atoms with E-state index in [1.54, 1.807) is 50.6 Å². The van der Waals surface area contributed by atoms with Crippen LogP contribution in [-0.2, 0) is 0 Å². The molecule has 1 aromatic carbocycles. The molecule has 0 fully saturated rings.